The fourth-order valence-corrected chi connectivity index (χ4v) is 2.70. The van der Waals surface area contributed by atoms with E-state index >= 15 is 0 Å². The molecule has 1 aromatic heterocycles. The number of aromatic hydroxyl groups is 2. The van der Waals surface area contributed by atoms with Crippen LogP contribution in [0.15, 0.2) is 52.2 Å². The van der Waals surface area contributed by atoms with Crippen LogP contribution in [-0.4, -0.2) is 40.2 Å². The number of benzene rings is 2. The van der Waals surface area contributed by atoms with E-state index in [0.717, 1.165) is 6.07 Å². The monoisotopic (exact) mass is 414 g/mol. The van der Waals surface area contributed by atoms with Crippen molar-refractivity contribution in [2.24, 2.45) is 5.18 Å². The number of hydrogen-bond acceptors (Lipinski definition) is 10. The maximum Gasteiger partial charge on any atom is 0.184 e. The Balaban J connectivity index is 0.00000320. The summed E-state index contributed by atoms with van der Waals surface area (Å²) >= 11 is 0. The summed E-state index contributed by atoms with van der Waals surface area (Å²) in [6, 6.07) is 9.77. The van der Waals surface area contributed by atoms with E-state index in [-0.39, 0.29) is 51.2 Å². The molecule has 10 nitrogen and oxygen atoms in total. The second kappa shape index (κ2) is 10.1. The molecule has 0 atom stereocenters. The number of nitroso groups, excluding NO2 is 1. The fourth-order valence-electron chi connectivity index (χ4n) is 2.70. The van der Waals surface area contributed by atoms with Crippen LogP contribution in [0.5, 0.6) is 23.0 Å². The summed E-state index contributed by atoms with van der Waals surface area (Å²) in [6.07, 6.45) is 0.955. The highest BCUT2D eigenvalue weighted by Gasteiger charge is 2.21. The van der Waals surface area contributed by atoms with Gasteiger partial charge in [0.25, 0.3) is 0 Å². The number of Topliss-reactive ketones (excluding diaryl/α,β-unsaturated/α-hetero) is 1. The van der Waals surface area contributed by atoms with Crippen LogP contribution in [0, 0.1) is 4.91 Å². The van der Waals surface area contributed by atoms with Crippen LogP contribution in [0.2, 0.25) is 0 Å². The average Bonchev–Trinajstić information content (AvgIpc) is 3.18. The molecule has 0 amide bonds. The summed E-state index contributed by atoms with van der Waals surface area (Å²) in [5.74, 6) is -0.188. The zero-order valence-corrected chi connectivity index (χ0v) is 16.0. The van der Waals surface area contributed by atoms with Crippen molar-refractivity contribution >= 4 is 11.5 Å². The van der Waals surface area contributed by atoms with Crippen molar-refractivity contribution in [1.82, 2.24) is 10.5 Å². The topological polar surface area (TPSA) is 164 Å². The fraction of sp³-hybridized carbons (Fsp3) is 0.200. The minimum absolute atomic E-state index is 0. The van der Waals surface area contributed by atoms with E-state index in [2.05, 4.69) is 15.7 Å². The van der Waals surface area contributed by atoms with E-state index in [1.807, 2.05) is 0 Å². The van der Waals surface area contributed by atoms with Gasteiger partial charge in [-0.25, -0.2) is 0 Å². The van der Waals surface area contributed by atoms with Gasteiger partial charge >= 0.3 is 0 Å². The Morgan fingerprint density at radius 2 is 1.93 bits per heavy atom. The van der Waals surface area contributed by atoms with E-state index in [1.165, 1.54) is 36.4 Å². The van der Waals surface area contributed by atoms with Gasteiger partial charge in [0, 0.05) is 24.6 Å². The van der Waals surface area contributed by atoms with Gasteiger partial charge in [-0.15, -0.1) is 4.91 Å². The van der Waals surface area contributed by atoms with Crippen LogP contribution >= 0.6 is 0 Å². The standard InChI is InChI=1S/C20H19N3O6.H2O/c1-21-8-2-3-16(25)15-11-19(29-23-15)20-17(26)9-13(24)10-18(20)28-14-6-4-12(22-27)5-7-14;/h4-7,9-11,21,24,26H,2-3,8H2,1H3;1H2/p-1. The first-order valence-electron chi connectivity index (χ1n) is 8.84. The maximum absolute atomic E-state index is 12.2. The SMILES string of the molecule is CNCCCC(=O)c1cc(-c2c(O)cc(O)cc2Oc2ccc(N=O)cc2)on1.[OH-]. The number of hydrogen-bond donors (Lipinski definition) is 3. The average molecular weight is 414 g/mol. The van der Waals surface area contributed by atoms with Crippen molar-refractivity contribution in [3.05, 3.63) is 53.1 Å². The molecule has 0 fully saturated rings. The van der Waals surface area contributed by atoms with Gasteiger partial charge in [0.2, 0.25) is 0 Å². The van der Waals surface area contributed by atoms with Crippen molar-refractivity contribution in [1.29, 1.82) is 0 Å². The van der Waals surface area contributed by atoms with Crippen molar-refractivity contribution < 1.29 is 29.7 Å². The summed E-state index contributed by atoms with van der Waals surface area (Å²) in [6.45, 7) is 0.700. The molecule has 30 heavy (non-hydrogen) atoms. The minimum atomic E-state index is -0.309. The number of ether oxygens (including phenoxy) is 1. The van der Waals surface area contributed by atoms with Crippen molar-refractivity contribution in [3.63, 3.8) is 0 Å². The summed E-state index contributed by atoms with van der Waals surface area (Å²) in [5, 5.41) is 29.7. The molecule has 0 saturated carbocycles. The number of rotatable bonds is 9. The Morgan fingerprint density at radius 3 is 2.60 bits per heavy atom. The van der Waals surface area contributed by atoms with Gasteiger partial charge in [-0.05, 0) is 49.5 Å². The largest absolute Gasteiger partial charge is 0.870 e. The second-order valence-electron chi connectivity index (χ2n) is 6.23. The first kappa shape index (κ1) is 22.5. The number of aromatic nitrogens is 1. The molecule has 0 aliphatic carbocycles. The highest BCUT2D eigenvalue weighted by molar-refractivity contribution is 5.95. The van der Waals surface area contributed by atoms with E-state index in [9.17, 15) is 19.9 Å². The number of carbonyl (C=O) groups is 1. The van der Waals surface area contributed by atoms with Gasteiger partial charge in [0.1, 0.15) is 39.9 Å². The zero-order valence-electron chi connectivity index (χ0n) is 16.0. The Labute approximate surface area is 171 Å². The third-order valence-electron chi connectivity index (χ3n) is 4.11. The molecule has 0 radical (unpaired) electrons. The molecule has 0 bridgehead atoms. The van der Waals surface area contributed by atoms with Gasteiger partial charge in [-0.1, -0.05) is 5.16 Å². The lowest BCUT2D eigenvalue weighted by Crippen LogP contribution is -2.10. The quantitative estimate of drug-likeness (QED) is 0.267. The zero-order chi connectivity index (χ0) is 20.8. The number of ketones is 1. The number of nitrogens with zero attached hydrogens (tertiary/aromatic N) is 2. The van der Waals surface area contributed by atoms with Crippen LogP contribution in [0.25, 0.3) is 11.3 Å². The molecule has 4 N–H and O–H groups in total. The number of phenolic OH excluding ortho intramolecular Hbond substituents is 2. The van der Waals surface area contributed by atoms with Gasteiger partial charge in [0.05, 0.1) is 0 Å². The molecule has 158 valence electrons. The molecule has 0 aliphatic heterocycles. The van der Waals surface area contributed by atoms with Crippen LogP contribution in [0.4, 0.5) is 5.69 Å². The lowest BCUT2D eigenvalue weighted by Gasteiger charge is -2.11. The van der Waals surface area contributed by atoms with Gasteiger partial charge in [0.15, 0.2) is 11.5 Å². The molecule has 2 aromatic carbocycles. The third-order valence-corrected chi connectivity index (χ3v) is 4.11. The number of phenols is 2. The predicted octanol–water partition coefficient (Wildman–Crippen LogP) is 3.95. The van der Waals surface area contributed by atoms with Crippen LogP contribution in [-0.2, 0) is 0 Å². The third kappa shape index (κ3) is 5.19. The molecule has 3 aromatic rings. The lowest BCUT2D eigenvalue weighted by atomic mass is 10.1. The summed E-state index contributed by atoms with van der Waals surface area (Å²) < 4.78 is 11.0. The molecular weight excluding hydrogens is 394 g/mol. The second-order valence-corrected chi connectivity index (χ2v) is 6.23. The normalized spacial score (nSPS) is 10.3. The lowest BCUT2D eigenvalue weighted by molar-refractivity contribution is 0.0971. The minimum Gasteiger partial charge on any atom is -0.870 e. The molecule has 10 heteroatoms. The number of nitrogens with one attached hydrogen (secondary N) is 1. The first-order chi connectivity index (χ1) is 14.0. The van der Waals surface area contributed by atoms with E-state index in [1.54, 1.807) is 7.05 Å². The van der Waals surface area contributed by atoms with Gasteiger partial charge in [-0.3, -0.25) is 4.79 Å². The molecule has 0 aliphatic rings. The van der Waals surface area contributed by atoms with Crippen molar-refractivity contribution in [2.45, 2.75) is 12.8 Å². The Morgan fingerprint density at radius 1 is 1.20 bits per heavy atom. The van der Waals surface area contributed by atoms with Crippen LogP contribution in [0.3, 0.4) is 0 Å². The summed E-state index contributed by atoms with van der Waals surface area (Å²) in [5.41, 5.74) is 0.492. The molecule has 0 saturated heterocycles. The summed E-state index contributed by atoms with van der Waals surface area (Å²) in [4.78, 5) is 22.8. The summed E-state index contributed by atoms with van der Waals surface area (Å²) in [7, 11) is 1.80. The molecule has 0 spiro atoms. The highest BCUT2D eigenvalue weighted by Crippen LogP contribution is 2.43. The Hall–Kier alpha value is -3.76. The van der Waals surface area contributed by atoms with Crippen LogP contribution < -0.4 is 10.1 Å². The van der Waals surface area contributed by atoms with Gasteiger partial charge < -0.3 is 30.3 Å². The molecule has 0 unspecified atom stereocenters. The smallest absolute Gasteiger partial charge is 0.184 e. The molecule has 3 rings (SSSR count). The van der Waals surface area contributed by atoms with Crippen molar-refractivity contribution in [3.8, 4) is 34.3 Å². The highest BCUT2D eigenvalue weighted by atomic mass is 16.5. The van der Waals surface area contributed by atoms with Crippen LogP contribution in [0.1, 0.15) is 23.3 Å². The maximum atomic E-state index is 12.2. The Kier molecular flexibility index (Phi) is 7.62. The molecule has 1 heterocycles. The number of carbonyl (C=O) groups excluding carboxylic acids is 1. The molecular formula is C20H20N3O7-. The van der Waals surface area contributed by atoms with E-state index < -0.39 is 0 Å². The predicted molar refractivity (Wildman–Crippen MR) is 107 cm³/mol. The van der Waals surface area contributed by atoms with Crippen molar-refractivity contribution in [2.75, 3.05) is 13.6 Å². The Bertz CT molecular complexity index is 1020. The van der Waals surface area contributed by atoms with E-state index in [4.69, 9.17) is 9.26 Å². The van der Waals surface area contributed by atoms with E-state index in [0.29, 0.717) is 25.1 Å². The first-order valence-corrected chi connectivity index (χ1v) is 8.84. The van der Waals surface area contributed by atoms with Gasteiger partial charge in [-0.2, -0.15) is 0 Å².